The van der Waals surface area contributed by atoms with Gasteiger partial charge in [-0.2, -0.15) is 0 Å². The van der Waals surface area contributed by atoms with E-state index in [4.69, 9.17) is 20.9 Å². The van der Waals surface area contributed by atoms with Gasteiger partial charge in [0.15, 0.2) is 0 Å². The SMILES string of the molecule is CC(=O)Nc1ccc(OC(=O)c2c(-c3c(F)cccc3Cl)noc2C)cc1. The van der Waals surface area contributed by atoms with E-state index in [0.717, 1.165) is 0 Å². The molecule has 138 valence electrons. The number of halogens is 2. The maximum Gasteiger partial charge on any atom is 0.349 e. The molecule has 0 saturated heterocycles. The van der Waals surface area contributed by atoms with Crippen LogP contribution in [0.2, 0.25) is 5.02 Å². The molecule has 0 unspecified atom stereocenters. The van der Waals surface area contributed by atoms with E-state index in [0.29, 0.717) is 5.69 Å². The van der Waals surface area contributed by atoms with E-state index in [9.17, 15) is 14.0 Å². The average molecular weight is 389 g/mol. The molecule has 8 heteroatoms. The Morgan fingerprint density at radius 1 is 1.19 bits per heavy atom. The minimum atomic E-state index is -0.768. The van der Waals surface area contributed by atoms with Gasteiger partial charge in [-0.25, -0.2) is 9.18 Å². The van der Waals surface area contributed by atoms with E-state index in [1.165, 1.54) is 44.2 Å². The summed E-state index contributed by atoms with van der Waals surface area (Å²) in [6.07, 6.45) is 0. The van der Waals surface area contributed by atoms with Crippen LogP contribution in [-0.2, 0) is 4.79 Å². The number of hydrogen-bond donors (Lipinski definition) is 1. The van der Waals surface area contributed by atoms with Crippen molar-refractivity contribution in [2.45, 2.75) is 13.8 Å². The summed E-state index contributed by atoms with van der Waals surface area (Å²) in [5.74, 6) is -1.21. The summed E-state index contributed by atoms with van der Waals surface area (Å²) < 4.78 is 24.6. The third-order valence-corrected chi connectivity index (χ3v) is 3.97. The first-order valence-electron chi connectivity index (χ1n) is 7.87. The van der Waals surface area contributed by atoms with Gasteiger partial charge in [0.25, 0.3) is 0 Å². The number of nitrogens with one attached hydrogen (secondary N) is 1. The van der Waals surface area contributed by atoms with Crippen LogP contribution < -0.4 is 10.1 Å². The van der Waals surface area contributed by atoms with Crippen molar-refractivity contribution < 1.29 is 23.2 Å². The van der Waals surface area contributed by atoms with Gasteiger partial charge in [-0.05, 0) is 43.3 Å². The summed E-state index contributed by atoms with van der Waals surface area (Å²) in [5.41, 5.74) is 0.467. The Balaban J connectivity index is 1.90. The molecule has 2 aromatic carbocycles. The molecule has 1 heterocycles. The van der Waals surface area contributed by atoms with Crippen LogP contribution >= 0.6 is 11.6 Å². The monoisotopic (exact) mass is 388 g/mol. The molecule has 0 spiro atoms. The lowest BCUT2D eigenvalue weighted by Crippen LogP contribution is -2.11. The molecule has 0 atom stereocenters. The van der Waals surface area contributed by atoms with E-state index in [1.54, 1.807) is 12.1 Å². The minimum absolute atomic E-state index is 0.0204. The summed E-state index contributed by atoms with van der Waals surface area (Å²) in [6.45, 7) is 2.90. The van der Waals surface area contributed by atoms with E-state index >= 15 is 0 Å². The molecule has 6 nitrogen and oxygen atoms in total. The van der Waals surface area contributed by atoms with E-state index in [2.05, 4.69) is 10.5 Å². The second kappa shape index (κ2) is 7.59. The van der Waals surface area contributed by atoms with Crippen molar-refractivity contribution in [2.24, 2.45) is 0 Å². The van der Waals surface area contributed by atoms with Gasteiger partial charge in [0.05, 0.1) is 10.6 Å². The number of aromatic nitrogens is 1. The van der Waals surface area contributed by atoms with E-state index in [1.807, 2.05) is 0 Å². The highest BCUT2D eigenvalue weighted by molar-refractivity contribution is 6.33. The van der Waals surface area contributed by atoms with Crippen LogP contribution in [-0.4, -0.2) is 17.0 Å². The van der Waals surface area contributed by atoms with Gasteiger partial charge in [0.1, 0.15) is 28.6 Å². The first-order chi connectivity index (χ1) is 12.9. The van der Waals surface area contributed by atoms with Crippen LogP contribution in [0.4, 0.5) is 10.1 Å². The van der Waals surface area contributed by atoms with E-state index in [-0.39, 0.29) is 39.3 Å². The number of hydrogen-bond acceptors (Lipinski definition) is 5. The van der Waals surface area contributed by atoms with Gasteiger partial charge < -0.3 is 14.6 Å². The van der Waals surface area contributed by atoms with Crippen molar-refractivity contribution in [2.75, 3.05) is 5.32 Å². The predicted molar refractivity (Wildman–Crippen MR) is 97.3 cm³/mol. The third kappa shape index (κ3) is 3.98. The molecule has 0 saturated carbocycles. The van der Waals surface area contributed by atoms with Crippen molar-refractivity contribution >= 4 is 29.2 Å². The number of nitrogens with zero attached hydrogens (tertiary/aromatic N) is 1. The highest BCUT2D eigenvalue weighted by Gasteiger charge is 2.26. The van der Waals surface area contributed by atoms with Crippen molar-refractivity contribution in [1.82, 2.24) is 5.16 Å². The molecule has 3 aromatic rings. The average Bonchev–Trinajstić information content (AvgIpc) is 2.97. The molecule has 0 aliphatic heterocycles. The van der Waals surface area contributed by atoms with Crippen LogP contribution in [0.5, 0.6) is 5.75 Å². The molecule has 0 aliphatic rings. The number of ether oxygens (including phenoxy) is 1. The fraction of sp³-hybridized carbons (Fsp3) is 0.105. The normalized spacial score (nSPS) is 10.5. The Kier molecular flexibility index (Phi) is 5.23. The Labute approximate surface area is 158 Å². The van der Waals surface area contributed by atoms with Crippen LogP contribution in [0.3, 0.4) is 0 Å². The molecule has 1 aromatic heterocycles. The number of esters is 1. The smallest absolute Gasteiger partial charge is 0.349 e. The molecule has 0 radical (unpaired) electrons. The van der Waals surface area contributed by atoms with Crippen LogP contribution in [0.25, 0.3) is 11.3 Å². The number of benzene rings is 2. The topological polar surface area (TPSA) is 81.4 Å². The summed E-state index contributed by atoms with van der Waals surface area (Å²) >= 11 is 6.06. The molecule has 0 aliphatic carbocycles. The van der Waals surface area contributed by atoms with Gasteiger partial charge >= 0.3 is 5.97 Å². The molecule has 1 amide bonds. The number of aryl methyl sites for hydroxylation is 1. The van der Waals surface area contributed by atoms with Crippen LogP contribution in [0.15, 0.2) is 47.0 Å². The van der Waals surface area contributed by atoms with Gasteiger partial charge in [-0.15, -0.1) is 0 Å². The van der Waals surface area contributed by atoms with E-state index < -0.39 is 11.8 Å². The standard InChI is InChI=1S/C19H14ClFN2O4/c1-10-16(18(23-27-10)17-14(20)4-3-5-15(17)21)19(25)26-13-8-6-12(7-9-13)22-11(2)24/h3-9H,1-2H3,(H,22,24). The molecular formula is C19H14ClFN2O4. The zero-order chi connectivity index (χ0) is 19.6. The van der Waals surface area contributed by atoms with Gasteiger partial charge in [-0.3, -0.25) is 4.79 Å². The third-order valence-electron chi connectivity index (χ3n) is 3.65. The predicted octanol–water partition coefficient (Wildman–Crippen LogP) is 4.62. The van der Waals surface area contributed by atoms with Crippen molar-refractivity contribution in [3.8, 4) is 17.0 Å². The molecular weight excluding hydrogens is 375 g/mol. The number of carbonyl (C=O) groups excluding carboxylic acids is 2. The molecule has 0 fully saturated rings. The number of anilines is 1. The lowest BCUT2D eigenvalue weighted by atomic mass is 10.1. The summed E-state index contributed by atoms with van der Waals surface area (Å²) in [5, 5.41) is 6.47. The van der Waals surface area contributed by atoms with Gasteiger partial charge in [0, 0.05) is 12.6 Å². The van der Waals surface area contributed by atoms with Crippen molar-refractivity contribution in [1.29, 1.82) is 0 Å². The second-order valence-electron chi connectivity index (χ2n) is 5.65. The maximum absolute atomic E-state index is 14.2. The largest absolute Gasteiger partial charge is 0.423 e. The Bertz CT molecular complexity index is 995. The van der Waals surface area contributed by atoms with Gasteiger partial charge in [-0.1, -0.05) is 22.8 Å². The minimum Gasteiger partial charge on any atom is -0.423 e. The molecule has 0 bridgehead atoms. The fourth-order valence-corrected chi connectivity index (χ4v) is 2.73. The van der Waals surface area contributed by atoms with Crippen LogP contribution in [0.1, 0.15) is 23.0 Å². The van der Waals surface area contributed by atoms with Crippen LogP contribution in [0, 0.1) is 12.7 Å². The Morgan fingerprint density at radius 2 is 1.89 bits per heavy atom. The number of carbonyl (C=O) groups is 2. The first kappa shape index (κ1) is 18.6. The summed E-state index contributed by atoms with van der Waals surface area (Å²) in [6, 6.07) is 10.3. The highest BCUT2D eigenvalue weighted by Crippen LogP contribution is 2.34. The fourth-order valence-electron chi connectivity index (χ4n) is 2.47. The maximum atomic E-state index is 14.2. The summed E-state index contributed by atoms with van der Waals surface area (Å²) in [4.78, 5) is 23.7. The lowest BCUT2D eigenvalue weighted by Gasteiger charge is -2.07. The number of amides is 1. The second-order valence-corrected chi connectivity index (χ2v) is 6.06. The molecule has 1 N–H and O–H groups in total. The van der Waals surface area contributed by atoms with Crippen molar-refractivity contribution in [3.05, 3.63) is 64.6 Å². The summed E-state index contributed by atoms with van der Waals surface area (Å²) in [7, 11) is 0. The quantitative estimate of drug-likeness (QED) is 0.521. The highest BCUT2D eigenvalue weighted by atomic mass is 35.5. The first-order valence-corrected chi connectivity index (χ1v) is 8.25. The van der Waals surface area contributed by atoms with Gasteiger partial charge in [0.2, 0.25) is 5.91 Å². The lowest BCUT2D eigenvalue weighted by molar-refractivity contribution is -0.114. The Hall–Kier alpha value is -3.19. The molecule has 27 heavy (non-hydrogen) atoms. The molecule has 3 rings (SSSR count). The zero-order valence-corrected chi connectivity index (χ0v) is 15.1. The zero-order valence-electron chi connectivity index (χ0n) is 14.4. The van der Waals surface area contributed by atoms with Crippen molar-refractivity contribution in [3.63, 3.8) is 0 Å². The Morgan fingerprint density at radius 3 is 2.52 bits per heavy atom. The number of rotatable bonds is 4.